The van der Waals surface area contributed by atoms with Crippen LogP contribution in [-0.4, -0.2) is 27.0 Å². The number of para-hydroxylation sites is 1. The van der Waals surface area contributed by atoms with Gasteiger partial charge >= 0.3 is 0 Å². The molecule has 0 radical (unpaired) electrons. The van der Waals surface area contributed by atoms with Crippen molar-refractivity contribution in [2.24, 2.45) is 5.41 Å². The normalized spacial score (nSPS) is 12.5. The second-order valence-electron chi connectivity index (χ2n) is 5.74. The summed E-state index contributed by atoms with van der Waals surface area (Å²) in [5.74, 6) is 0.990. The third kappa shape index (κ3) is 4.69. The van der Waals surface area contributed by atoms with Gasteiger partial charge in [0.2, 0.25) is 0 Å². The molecule has 0 fully saturated rings. The molecule has 0 atom stereocenters. The molecule has 0 N–H and O–H groups in total. The van der Waals surface area contributed by atoms with E-state index in [4.69, 9.17) is 4.74 Å². The smallest absolute Gasteiger partial charge is 0.148 e. The molecule has 1 rings (SSSR count). The fourth-order valence-corrected chi connectivity index (χ4v) is 3.55. The summed E-state index contributed by atoms with van der Waals surface area (Å²) in [6, 6.07) is 5.97. The van der Waals surface area contributed by atoms with E-state index in [9.17, 15) is 8.42 Å². The Hall–Kier alpha value is -1.03. The lowest BCUT2D eigenvalue weighted by atomic mass is 9.98. The number of sulfone groups is 1. The molecular weight excluding hydrogens is 248 g/mol. The minimum Gasteiger partial charge on any atom is -0.492 e. The third-order valence-electron chi connectivity index (χ3n) is 2.67. The Morgan fingerprint density at radius 3 is 2.11 bits per heavy atom. The second kappa shape index (κ2) is 5.31. The van der Waals surface area contributed by atoms with E-state index in [1.165, 1.54) is 6.26 Å². The summed E-state index contributed by atoms with van der Waals surface area (Å²) in [5, 5.41) is 0. The van der Waals surface area contributed by atoms with Crippen LogP contribution in [0, 0.1) is 19.3 Å². The van der Waals surface area contributed by atoms with Crippen LogP contribution < -0.4 is 4.74 Å². The molecule has 3 nitrogen and oxygen atoms in total. The molecule has 0 heterocycles. The van der Waals surface area contributed by atoms with Crippen molar-refractivity contribution in [2.45, 2.75) is 27.7 Å². The Morgan fingerprint density at radius 2 is 1.67 bits per heavy atom. The average Bonchev–Trinajstić information content (AvgIpc) is 2.12. The Bertz CT molecular complexity index is 496. The molecule has 0 aromatic heterocycles. The summed E-state index contributed by atoms with van der Waals surface area (Å²) in [6.45, 7) is 8.19. The fourth-order valence-electron chi connectivity index (χ4n) is 2.05. The van der Waals surface area contributed by atoms with Crippen LogP contribution in [0.15, 0.2) is 18.2 Å². The quantitative estimate of drug-likeness (QED) is 0.826. The lowest BCUT2D eigenvalue weighted by molar-refractivity contribution is 0.198. The standard InChI is InChI=1S/C14H22O3S/c1-11-7-6-8-12(2)13(11)17-9-14(3,4)10-18(5,15)16/h6-8H,9-10H2,1-5H3. The SMILES string of the molecule is Cc1cccc(C)c1OCC(C)(C)CS(C)(=O)=O. The number of benzene rings is 1. The molecule has 0 spiro atoms. The molecule has 0 aliphatic carbocycles. The number of hydrogen-bond donors (Lipinski definition) is 0. The lowest BCUT2D eigenvalue weighted by Gasteiger charge is -2.24. The summed E-state index contributed by atoms with van der Waals surface area (Å²) in [4.78, 5) is 0. The molecule has 0 aliphatic rings. The first-order chi connectivity index (χ1) is 8.11. The maximum absolute atomic E-state index is 11.3. The van der Waals surface area contributed by atoms with Gasteiger partial charge in [-0.05, 0) is 25.0 Å². The van der Waals surface area contributed by atoms with Crippen LogP contribution >= 0.6 is 0 Å². The number of rotatable bonds is 5. The highest BCUT2D eigenvalue weighted by Gasteiger charge is 2.25. The molecule has 102 valence electrons. The highest BCUT2D eigenvalue weighted by Crippen LogP contribution is 2.26. The molecule has 4 heteroatoms. The first-order valence-corrected chi connectivity index (χ1v) is 8.03. The van der Waals surface area contributed by atoms with Crippen LogP contribution in [0.5, 0.6) is 5.75 Å². The Labute approximate surface area is 110 Å². The zero-order valence-corrected chi connectivity index (χ0v) is 12.6. The molecule has 1 aromatic carbocycles. The Kier molecular flexibility index (Phi) is 4.43. The van der Waals surface area contributed by atoms with Crippen molar-refractivity contribution in [3.63, 3.8) is 0 Å². The van der Waals surface area contributed by atoms with Crippen LogP contribution in [0.3, 0.4) is 0 Å². The summed E-state index contributed by atoms with van der Waals surface area (Å²) < 4.78 is 28.5. The van der Waals surface area contributed by atoms with Gasteiger partial charge in [-0.2, -0.15) is 0 Å². The minimum absolute atomic E-state index is 0.130. The van der Waals surface area contributed by atoms with E-state index in [0.29, 0.717) is 6.61 Å². The van der Waals surface area contributed by atoms with Gasteiger partial charge in [0.1, 0.15) is 15.6 Å². The van der Waals surface area contributed by atoms with Gasteiger partial charge in [0, 0.05) is 11.7 Å². The Morgan fingerprint density at radius 1 is 1.17 bits per heavy atom. The summed E-state index contributed by atoms with van der Waals surface area (Å²) in [7, 11) is -2.99. The molecular formula is C14H22O3S. The van der Waals surface area contributed by atoms with Crippen molar-refractivity contribution in [3.05, 3.63) is 29.3 Å². The van der Waals surface area contributed by atoms with E-state index in [-0.39, 0.29) is 11.2 Å². The largest absolute Gasteiger partial charge is 0.492 e. The van der Waals surface area contributed by atoms with Crippen LogP contribution in [0.2, 0.25) is 0 Å². The zero-order chi connectivity index (χ0) is 14.0. The van der Waals surface area contributed by atoms with Gasteiger partial charge < -0.3 is 4.74 Å². The molecule has 0 bridgehead atoms. The van der Waals surface area contributed by atoms with Gasteiger partial charge in [-0.25, -0.2) is 8.42 Å². The van der Waals surface area contributed by atoms with Crippen molar-refractivity contribution < 1.29 is 13.2 Å². The number of ether oxygens (including phenoxy) is 1. The molecule has 0 aliphatic heterocycles. The number of aryl methyl sites for hydroxylation is 2. The molecule has 18 heavy (non-hydrogen) atoms. The van der Waals surface area contributed by atoms with Crippen molar-refractivity contribution in [3.8, 4) is 5.75 Å². The molecule has 0 amide bonds. The van der Waals surface area contributed by atoms with Gasteiger partial charge in [0.15, 0.2) is 0 Å². The van der Waals surface area contributed by atoms with E-state index in [1.54, 1.807) is 0 Å². The summed E-state index contributed by atoms with van der Waals surface area (Å²) >= 11 is 0. The van der Waals surface area contributed by atoms with Gasteiger partial charge in [-0.1, -0.05) is 32.0 Å². The summed E-state index contributed by atoms with van der Waals surface area (Å²) in [5.41, 5.74) is 1.76. The van der Waals surface area contributed by atoms with Gasteiger partial charge in [-0.15, -0.1) is 0 Å². The van der Waals surface area contributed by atoms with Crippen LogP contribution in [-0.2, 0) is 9.84 Å². The second-order valence-corrected chi connectivity index (χ2v) is 7.88. The van der Waals surface area contributed by atoms with E-state index in [0.717, 1.165) is 16.9 Å². The molecule has 0 unspecified atom stereocenters. The third-order valence-corrected chi connectivity index (χ3v) is 3.97. The van der Waals surface area contributed by atoms with Gasteiger partial charge in [-0.3, -0.25) is 0 Å². The molecule has 1 aromatic rings. The topological polar surface area (TPSA) is 43.4 Å². The fraction of sp³-hybridized carbons (Fsp3) is 0.571. The molecule has 0 saturated carbocycles. The van der Waals surface area contributed by atoms with Crippen molar-refractivity contribution in [1.82, 2.24) is 0 Å². The predicted molar refractivity (Wildman–Crippen MR) is 74.9 cm³/mol. The number of hydrogen-bond acceptors (Lipinski definition) is 3. The lowest BCUT2D eigenvalue weighted by Crippen LogP contribution is -2.30. The zero-order valence-electron chi connectivity index (χ0n) is 11.8. The first kappa shape index (κ1) is 15.0. The monoisotopic (exact) mass is 270 g/mol. The highest BCUT2D eigenvalue weighted by molar-refractivity contribution is 7.90. The first-order valence-electron chi connectivity index (χ1n) is 5.97. The van der Waals surface area contributed by atoms with Crippen LogP contribution in [0.25, 0.3) is 0 Å². The van der Waals surface area contributed by atoms with E-state index in [1.807, 2.05) is 45.9 Å². The van der Waals surface area contributed by atoms with Crippen LogP contribution in [0.1, 0.15) is 25.0 Å². The van der Waals surface area contributed by atoms with Crippen molar-refractivity contribution in [2.75, 3.05) is 18.6 Å². The molecule has 0 saturated heterocycles. The van der Waals surface area contributed by atoms with Crippen molar-refractivity contribution >= 4 is 9.84 Å². The van der Waals surface area contributed by atoms with Crippen molar-refractivity contribution in [1.29, 1.82) is 0 Å². The average molecular weight is 270 g/mol. The Balaban J connectivity index is 2.76. The van der Waals surface area contributed by atoms with E-state index >= 15 is 0 Å². The van der Waals surface area contributed by atoms with E-state index in [2.05, 4.69) is 0 Å². The van der Waals surface area contributed by atoms with Gasteiger partial charge in [0.05, 0.1) is 12.4 Å². The minimum atomic E-state index is -2.99. The highest BCUT2D eigenvalue weighted by atomic mass is 32.2. The maximum atomic E-state index is 11.3. The van der Waals surface area contributed by atoms with Gasteiger partial charge in [0.25, 0.3) is 0 Å². The van der Waals surface area contributed by atoms with Crippen LogP contribution in [0.4, 0.5) is 0 Å². The maximum Gasteiger partial charge on any atom is 0.148 e. The van der Waals surface area contributed by atoms with E-state index < -0.39 is 9.84 Å². The summed E-state index contributed by atoms with van der Waals surface area (Å²) in [6.07, 6.45) is 1.26. The predicted octanol–water partition coefficient (Wildman–Crippen LogP) is 2.75.